The molecule has 1 aliphatic rings. The van der Waals surface area contributed by atoms with Crippen LogP contribution in [0.15, 0.2) is 18.2 Å². The van der Waals surface area contributed by atoms with Crippen molar-refractivity contribution < 1.29 is 0 Å². The highest BCUT2D eigenvalue weighted by molar-refractivity contribution is 5.37. The highest BCUT2D eigenvalue weighted by Crippen LogP contribution is 2.30. The number of rotatable bonds is 3. The Morgan fingerprint density at radius 1 is 1.32 bits per heavy atom. The molecule has 2 heteroatoms. The van der Waals surface area contributed by atoms with E-state index in [0.29, 0.717) is 12.1 Å². The Kier molecular flexibility index (Phi) is 4.32. The summed E-state index contributed by atoms with van der Waals surface area (Å²) in [6.07, 6.45) is 2.56. The zero-order valence-electron chi connectivity index (χ0n) is 13.0. The van der Waals surface area contributed by atoms with Gasteiger partial charge in [0.15, 0.2) is 0 Å². The van der Waals surface area contributed by atoms with Gasteiger partial charge in [0.2, 0.25) is 0 Å². The molecule has 0 saturated carbocycles. The third-order valence-electron chi connectivity index (χ3n) is 4.29. The largest absolute Gasteiger partial charge is 0.312 e. The quantitative estimate of drug-likeness (QED) is 0.871. The van der Waals surface area contributed by atoms with Gasteiger partial charge in [-0.3, -0.25) is 0 Å². The van der Waals surface area contributed by atoms with Crippen LogP contribution in [0.2, 0.25) is 0 Å². The van der Waals surface area contributed by atoms with Crippen LogP contribution in [0.25, 0.3) is 0 Å². The zero-order chi connectivity index (χ0) is 14.0. The molecule has 1 aromatic rings. The molecule has 106 valence electrons. The fourth-order valence-corrected chi connectivity index (χ4v) is 3.01. The van der Waals surface area contributed by atoms with Gasteiger partial charge in [0.25, 0.3) is 0 Å². The van der Waals surface area contributed by atoms with Crippen molar-refractivity contribution in [1.29, 1.82) is 0 Å². The monoisotopic (exact) mass is 260 g/mol. The molecule has 2 N–H and O–H groups in total. The lowest BCUT2D eigenvalue weighted by Crippen LogP contribution is -2.36. The SMILES string of the molecule is CNC(c1cc(C(C)(C)C)ccc1C)C1CCCN1. The van der Waals surface area contributed by atoms with Crippen LogP contribution in [0.5, 0.6) is 0 Å². The number of likely N-dealkylation sites (N-methyl/N-ethyl adjacent to an activating group) is 1. The topological polar surface area (TPSA) is 24.1 Å². The average Bonchev–Trinajstić information content (AvgIpc) is 2.84. The van der Waals surface area contributed by atoms with Crippen molar-refractivity contribution in [3.63, 3.8) is 0 Å². The smallest absolute Gasteiger partial charge is 0.0476 e. The first kappa shape index (κ1) is 14.5. The molecule has 2 rings (SSSR count). The molecule has 0 spiro atoms. The number of nitrogens with one attached hydrogen (secondary N) is 2. The molecule has 0 aliphatic carbocycles. The van der Waals surface area contributed by atoms with Crippen LogP contribution in [0.3, 0.4) is 0 Å². The first-order chi connectivity index (χ1) is 8.93. The lowest BCUT2D eigenvalue weighted by molar-refractivity contribution is 0.438. The summed E-state index contributed by atoms with van der Waals surface area (Å²) in [5.41, 5.74) is 4.48. The molecule has 1 heterocycles. The van der Waals surface area contributed by atoms with E-state index >= 15 is 0 Å². The van der Waals surface area contributed by atoms with Crippen LogP contribution in [0.1, 0.15) is 56.3 Å². The van der Waals surface area contributed by atoms with Gasteiger partial charge >= 0.3 is 0 Å². The molecular formula is C17H28N2. The Morgan fingerprint density at radius 2 is 2.05 bits per heavy atom. The van der Waals surface area contributed by atoms with Gasteiger partial charge in [-0.05, 0) is 55.5 Å². The van der Waals surface area contributed by atoms with E-state index in [-0.39, 0.29) is 5.41 Å². The summed E-state index contributed by atoms with van der Waals surface area (Å²) in [5.74, 6) is 0. The number of benzene rings is 1. The van der Waals surface area contributed by atoms with Crippen molar-refractivity contribution in [2.45, 2.75) is 58.0 Å². The molecule has 1 saturated heterocycles. The summed E-state index contributed by atoms with van der Waals surface area (Å²) in [7, 11) is 2.08. The minimum Gasteiger partial charge on any atom is -0.312 e. The second-order valence-corrected chi connectivity index (χ2v) is 6.79. The Labute approximate surface area is 118 Å². The highest BCUT2D eigenvalue weighted by Gasteiger charge is 2.26. The van der Waals surface area contributed by atoms with E-state index in [1.807, 2.05) is 0 Å². The van der Waals surface area contributed by atoms with E-state index in [2.05, 4.69) is 63.6 Å². The van der Waals surface area contributed by atoms with Gasteiger partial charge in [-0.2, -0.15) is 0 Å². The van der Waals surface area contributed by atoms with Crippen LogP contribution in [-0.2, 0) is 5.41 Å². The highest BCUT2D eigenvalue weighted by atomic mass is 15.0. The maximum atomic E-state index is 3.63. The van der Waals surface area contributed by atoms with Crippen molar-refractivity contribution in [2.24, 2.45) is 0 Å². The number of hydrogen-bond donors (Lipinski definition) is 2. The molecule has 1 fully saturated rings. The molecule has 0 radical (unpaired) electrons. The number of aryl methyl sites for hydroxylation is 1. The van der Waals surface area contributed by atoms with E-state index in [1.54, 1.807) is 0 Å². The summed E-state index contributed by atoms with van der Waals surface area (Å²) in [5, 5.41) is 7.15. The van der Waals surface area contributed by atoms with E-state index in [0.717, 1.165) is 6.54 Å². The van der Waals surface area contributed by atoms with Crippen LogP contribution >= 0.6 is 0 Å². The normalized spacial score (nSPS) is 21.6. The van der Waals surface area contributed by atoms with Crippen molar-refractivity contribution in [1.82, 2.24) is 10.6 Å². The van der Waals surface area contributed by atoms with Crippen LogP contribution in [-0.4, -0.2) is 19.6 Å². The summed E-state index contributed by atoms with van der Waals surface area (Å²) < 4.78 is 0. The van der Waals surface area contributed by atoms with Gasteiger partial charge in [0.1, 0.15) is 0 Å². The molecule has 19 heavy (non-hydrogen) atoms. The van der Waals surface area contributed by atoms with Crippen molar-refractivity contribution in [3.8, 4) is 0 Å². The molecule has 2 nitrogen and oxygen atoms in total. The zero-order valence-corrected chi connectivity index (χ0v) is 13.0. The van der Waals surface area contributed by atoms with Crippen LogP contribution in [0.4, 0.5) is 0 Å². The fraction of sp³-hybridized carbons (Fsp3) is 0.647. The van der Waals surface area contributed by atoms with E-state index in [1.165, 1.54) is 29.5 Å². The van der Waals surface area contributed by atoms with Gasteiger partial charge in [0.05, 0.1) is 0 Å². The Morgan fingerprint density at radius 3 is 2.58 bits per heavy atom. The van der Waals surface area contributed by atoms with Crippen LogP contribution in [0, 0.1) is 6.92 Å². The number of hydrogen-bond acceptors (Lipinski definition) is 2. The van der Waals surface area contributed by atoms with E-state index in [4.69, 9.17) is 0 Å². The minimum absolute atomic E-state index is 0.212. The van der Waals surface area contributed by atoms with E-state index < -0.39 is 0 Å². The van der Waals surface area contributed by atoms with E-state index in [9.17, 15) is 0 Å². The molecule has 0 bridgehead atoms. The second-order valence-electron chi connectivity index (χ2n) is 6.79. The van der Waals surface area contributed by atoms with Gasteiger partial charge in [-0.25, -0.2) is 0 Å². The summed E-state index contributed by atoms with van der Waals surface area (Å²) >= 11 is 0. The van der Waals surface area contributed by atoms with Gasteiger partial charge < -0.3 is 10.6 Å². The average molecular weight is 260 g/mol. The molecule has 0 aromatic heterocycles. The van der Waals surface area contributed by atoms with Crippen molar-refractivity contribution in [3.05, 3.63) is 34.9 Å². The van der Waals surface area contributed by atoms with Crippen molar-refractivity contribution in [2.75, 3.05) is 13.6 Å². The maximum absolute atomic E-state index is 3.63. The summed E-state index contributed by atoms with van der Waals surface area (Å²) in [6.45, 7) is 10.2. The third-order valence-corrected chi connectivity index (χ3v) is 4.29. The molecule has 1 aromatic carbocycles. The fourth-order valence-electron chi connectivity index (χ4n) is 3.01. The lowest BCUT2D eigenvalue weighted by atomic mass is 9.83. The molecule has 2 unspecified atom stereocenters. The summed E-state index contributed by atoms with van der Waals surface area (Å²) in [6, 6.07) is 7.93. The van der Waals surface area contributed by atoms with Gasteiger partial charge in [-0.1, -0.05) is 39.0 Å². The Balaban J connectivity index is 2.35. The van der Waals surface area contributed by atoms with Crippen LogP contribution < -0.4 is 10.6 Å². The first-order valence-corrected chi connectivity index (χ1v) is 7.45. The Bertz CT molecular complexity index is 425. The first-order valence-electron chi connectivity index (χ1n) is 7.45. The molecular weight excluding hydrogens is 232 g/mol. The predicted molar refractivity (Wildman–Crippen MR) is 82.7 cm³/mol. The van der Waals surface area contributed by atoms with Gasteiger partial charge in [-0.15, -0.1) is 0 Å². The molecule has 0 amide bonds. The maximum Gasteiger partial charge on any atom is 0.0476 e. The molecule has 2 atom stereocenters. The minimum atomic E-state index is 0.212. The standard InChI is InChI=1S/C17H28N2/c1-12-8-9-13(17(2,3)4)11-14(12)16(18-5)15-7-6-10-19-15/h8-9,11,15-16,18-19H,6-7,10H2,1-5H3. The van der Waals surface area contributed by atoms with Crippen molar-refractivity contribution >= 4 is 0 Å². The third kappa shape index (κ3) is 3.18. The second kappa shape index (κ2) is 5.64. The lowest BCUT2D eigenvalue weighted by Gasteiger charge is -2.28. The molecule has 1 aliphatic heterocycles. The predicted octanol–water partition coefficient (Wildman–Crippen LogP) is 3.31. The Hall–Kier alpha value is -0.860. The van der Waals surface area contributed by atoms with Gasteiger partial charge in [0, 0.05) is 12.1 Å². The summed E-state index contributed by atoms with van der Waals surface area (Å²) in [4.78, 5) is 0.